The number of hydrogen-bond acceptors (Lipinski definition) is 0. The maximum absolute atomic E-state index is 12.7. The molecule has 1 unspecified atom stereocenters. The van der Waals surface area contributed by atoms with E-state index in [4.69, 9.17) is 0 Å². The number of halogens is 2. The van der Waals surface area contributed by atoms with Gasteiger partial charge in [-0.1, -0.05) is 84.5 Å². The van der Waals surface area contributed by atoms with Gasteiger partial charge in [0.15, 0.2) is 0 Å². The lowest BCUT2D eigenvalue weighted by atomic mass is 9.96. The highest BCUT2D eigenvalue weighted by Crippen LogP contribution is 2.23. The Morgan fingerprint density at radius 1 is 0.579 bits per heavy atom. The van der Waals surface area contributed by atoms with E-state index in [2.05, 4.69) is 6.92 Å². The van der Waals surface area contributed by atoms with E-state index in [1.165, 1.54) is 51.4 Å². The van der Waals surface area contributed by atoms with E-state index in [9.17, 15) is 8.78 Å². The minimum absolute atomic E-state index is 0.348. The fraction of sp³-hybridized carbons (Fsp3) is 1.00. The Hall–Kier alpha value is -0.140. The highest BCUT2D eigenvalue weighted by Gasteiger charge is 2.18. The Morgan fingerprint density at radius 3 is 1.47 bits per heavy atom. The molecule has 116 valence electrons. The van der Waals surface area contributed by atoms with Crippen LogP contribution < -0.4 is 0 Å². The standard InChI is InChI=1S/C17H34F2/c1-3-5-6-7-8-9-10-11-12-13-15-16(14-4-2)17(18)19/h16-17H,3-15H2,1-2H3. The van der Waals surface area contributed by atoms with Crippen molar-refractivity contribution in [1.82, 2.24) is 0 Å². The average molecular weight is 276 g/mol. The molecule has 0 N–H and O–H groups in total. The predicted octanol–water partition coefficient (Wildman–Crippen LogP) is 6.98. The smallest absolute Gasteiger partial charge is 0.210 e. The van der Waals surface area contributed by atoms with Crippen molar-refractivity contribution in [2.24, 2.45) is 5.92 Å². The van der Waals surface area contributed by atoms with Crippen molar-refractivity contribution < 1.29 is 8.78 Å². The number of rotatable bonds is 14. The molecule has 0 aromatic carbocycles. The van der Waals surface area contributed by atoms with Gasteiger partial charge in [0, 0.05) is 5.92 Å². The van der Waals surface area contributed by atoms with Crippen LogP contribution in [-0.2, 0) is 0 Å². The molecule has 19 heavy (non-hydrogen) atoms. The Morgan fingerprint density at radius 2 is 1.05 bits per heavy atom. The molecule has 0 aliphatic carbocycles. The molecular weight excluding hydrogens is 242 g/mol. The Bertz CT molecular complexity index is 169. The molecule has 0 bridgehead atoms. The molecule has 0 rings (SSSR count). The average Bonchev–Trinajstić information content (AvgIpc) is 2.39. The fourth-order valence-corrected chi connectivity index (χ4v) is 2.66. The molecule has 0 nitrogen and oxygen atoms in total. The summed E-state index contributed by atoms with van der Waals surface area (Å²) >= 11 is 0. The summed E-state index contributed by atoms with van der Waals surface area (Å²) in [5, 5.41) is 0. The van der Waals surface area contributed by atoms with Crippen molar-refractivity contribution in [1.29, 1.82) is 0 Å². The number of hydrogen-bond donors (Lipinski definition) is 0. The van der Waals surface area contributed by atoms with E-state index >= 15 is 0 Å². The Labute approximate surface area is 119 Å². The maximum atomic E-state index is 12.7. The Kier molecular flexibility index (Phi) is 14.2. The molecule has 0 fully saturated rings. The monoisotopic (exact) mass is 276 g/mol. The van der Waals surface area contributed by atoms with Gasteiger partial charge in [0.25, 0.3) is 0 Å². The summed E-state index contributed by atoms with van der Waals surface area (Å²) in [6, 6.07) is 0. The summed E-state index contributed by atoms with van der Waals surface area (Å²) in [5.74, 6) is -0.348. The number of alkyl halides is 2. The first-order valence-electron chi connectivity index (χ1n) is 8.50. The van der Waals surface area contributed by atoms with Crippen LogP contribution >= 0.6 is 0 Å². The quantitative estimate of drug-likeness (QED) is 0.300. The summed E-state index contributed by atoms with van der Waals surface area (Å²) in [5.41, 5.74) is 0. The zero-order valence-electron chi connectivity index (χ0n) is 13.1. The van der Waals surface area contributed by atoms with Crippen molar-refractivity contribution in [3.8, 4) is 0 Å². The molecule has 0 aromatic rings. The lowest BCUT2D eigenvalue weighted by Gasteiger charge is -2.14. The summed E-state index contributed by atoms with van der Waals surface area (Å²) in [6.07, 6.45) is 13.0. The van der Waals surface area contributed by atoms with Crippen LogP contribution in [0.5, 0.6) is 0 Å². The molecule has 0 spiro atoms. The van der Waals surface area contributed by atoms with Gasteiger partial charge in [-0.05, 0) is 12.8 Å². The van der Waals surface area contributed by atoms with Gasteiger partial charge in [-0.15, -0.1) is 0 Å². The molecule has 0 aliphatic rings. The molecule has 0 amide bonds. The molecule has 0 saturated heterocycles. The topological polar surface area (TPSA) is 0 Å². The molecule has 0 saturated carbocycles. The Balaban J connectivity index is 3.25. The van der Waals surface area contributed by atoms with Crippen LogP contribution in [0.25, 0.3) is 0 Å². The van der Waals surface area contributed by atoms with Gasteiger partial charge >= 0.3 is 0 Å². The van der Waals surface area contributed by atoms with E-state index in [1.807, 2.05) is 6.92 Å². The lowest BCUT2D eigenvalue weighted by Crippen LogP contribution is -2.10. The molecule has 0 aromatic heterocycles. The largest absolute Gasteiger partial charge is 0.241 e. The summed E-state index contributed by atoms with van der Waals surface area (Å²) in [4.78, 5) is 0. The van der Waals surface area contributed by atoms with Crippen LogP contribution in [0, 0.1) is 5.92 Å². The summed E-state index contributed by atoms with van der Waals surface area (Å²) in [7, 11) is 0. The number of unbranched alkanes of at least 4 members (excludes halogenated alkanes) is 9. The van der Waals surface area contributed by atoms with Gasteiger partial charge < -0.3 is 0 Å². The van der Waals surface area contributed by atoms with E-state index < -0.39 is 6.43 Å². The fourth-order valence-electron chi connectivity index (χ4n) is 2.66. The zero-order chi connectivity index (χ0) is 14.3. The SMILES string of the molecule is CCCCCCCCCCCCC(CCC)C(F)F. The van der Waals surface area contributed by atoms with Crippen molar-refractivity contribution in [3.05, 3.63) is 0 Å². The highest BCUT2D eigenvalue weighted by atomic mass is 19.3. The first-order valence-corrected chi connectivity index (χ1v) is 8.50. The minimum atomic E-state index is -2.11. The van der Waals surface area contributed by atoms with Crippen LogP contribution in [0.15, 0.2) is 0 Å². The van der Waals surface area contributed by atoms with E-state index in [0.29, 0.717) is 6.42 Å². The normalized spacial score (nSPS) is 13.1. The highest BCUT2D eigenvalue weighted by molar-refractivity contribution is 4.61. The van der Waals surface area contributed by atoms with E-state index in [1.54, 1.807) is 0 Å². The van der Waals surface area contributed by atoms with Crippen molar-refractivity contribution >= 4 is 0 Å². The van der Waals surface area contributed by atoms with Crippen LogP contribution in [0.1, 0.15) is 97.3 Å². The second-order valence-corrected chi connectivity index (χ2v) is 5.85. The van der Waals surface area contributed by atoms with Crippen molar-refractivity contribution in [2.45, 2.75) is 104 Å². The lowest BCUT2D eigenvalue weighted by molar-refractivity contribution is 0.0655. The van der Waals surface area contributed by atoms with Crippen LogP contribution in [0.3, 0.4) is 0 Å². The molecule has 1 atom stereocenters. The molecular formula is C17H34F2. The third-order valence-electron chi connectivity index (χ3n) is 3.94. The van der Waals surface area contributed by atoms with Crippen molar-refractivity contribution in [2.75, 3.05) is 0 Å². The maximum Gasteiger partial charge on any atom is 0.241 e. The predicted molar refractivity (Wildman–Crippen MR) is 80.9 cm³/mol. The summed E-state index contributed by atoms with van der Waals surface area (Å²) in [6.45, 7) is 4.24. The minimum Gasteiger partial charge on any atom is -0.210 e. The van der Waals surface area contributed by atoms with Gasteiger partial charge in [-0.25, -0.2) is 8.78 Å². The molecule has 0 heterocycles. The van der Waals surface area contributed by atoms with Crippen LogP contribution in [0.2, 0.25) is 0 Å². The molecule has 0 radical (unpaired) electrons. The first kappa shape index (κ1) is 18.9. The summed E-state index contributed by atoms with van der Waals surface area (Å²) < 4.78 is 25.3. The van der Waals surface area contributed by atoms with Gasteiger partial charge in [-0.2, -0.15) is 0 Å². The molecule has 2 heteroatoms. The van der Waals surface area contributed by atoms with Gasteiger partial charge in [0.1, 0.15) is 0 Å². The zero-order valence-corrected chi connectivity index (χ0v) is 13.1. The van der Waals surface area contributed by atoms with Crippen molar-refractivity contribution in [3.63, 3.8) is 0 Å². The third kappa shape index (κ3) is 12.6. The van der Waals surface area contributed by atoms with E-state index in [0.717, 1.165) is 25.7 Å². The van der Waals surface area contributed by atoms with Gasteiger partial charge in [0.2, 0.25) is 6.43 Å². The first-order chi connectivity index (χ1) is 9.22. The van der Waals surface area contributed by atoms with Crippen LogP contribution in [0.4, 0.5) is 8.78 Å². The van der Waals surface area contributed by atoms with Gasteiger partial charge in [-0.3, -0.25) is 0 Å². The van der Waals surface area contributed by atoms with Crippen LogP contribution in [-0.4, -0.2) is 6.43 Å². The molecule has 0 aliphatic heterocycles. The second kappa shape index (κ2) is 14.3. The third-order valence-corrected chi connectivity index (χ3v) is 3.94. The second-order valence-electron chi connectivity index (χ2n) is 5.85. The van der Waals surface area contributed by atoms with Gasteiger partial charge in [0.05, 0.1) is 0 Å². The van der Waals surface area contributed by atoms with E-state index in [-0.39, 0.29) is 5.92 Å².